The predicted octanol–water partition coefficient (Wildman–Crippen LogP) is 7.73. The van der Waals surface area contributed by atoms with E-state index in [0.717, 1.165) is 29.5 Å². The summed E-state index contributed by atoms with van der Waals surface area (Å²) in [5, 5.41) is 3.61. The molecule has 0 aromatic heterocycles. The van der Waals surface area contributed by atoms with Crippen LogP contribution >= 0.6 is 12.4 Å². The summed E-state index contributed by atoms with van der Waals surface area (Å²) in [7, 11) is 0. The third-order valence-corrected chi connectivity index (χ3v) is 7.67. The third kappa shape index (κ3) is 5.13. The molecular formula is C27H33ClF5N. The zero-order chi connectivity index (χ0) is 23.9. The largest absolute Gasteiger partial charge is 0.426 e. The molecule has 1 heterocycles. The first-order chi connectivity index (χ1) is 15.5. The van der Waals surface area contributed by atoms with E-state index in [4.69, 9.17) is 0 Å². The minimum atomic E-state index is -4.96. The maximum Gasteiger partial charge on any atom is 0.426 e. The van der Waals surface area contributed by atoms with E-state index in [2.05, 4.69) is 12.2 Å². The zero-order valence-corrected chi connectivity index (χ0v) is 20.5. The van der Waals surface area contributed by atoms with Crippen molar-refractivity contribution in [3.05, 3.63) is 70.5 Å². The van der Waals surface area contributed by atoms with Gasteiger partial charge in [-0.15, -0.1) is 12.4 Å². The van der Waals surface area contributed by atoms with Crippen molar-refractivity contribution in [1.29, 1.82) is 0 Å². The van der Waals surface area contributed by atoms with E-state index in [1.54, 1.807) is 18.2 Å². The molecule has 0 spiro atoms. The maximum atomic E-state index is 14.5. The van der Waals surface area contributed by atoms with Crippen LogP contribution in [0.2, 0.25) is 0 Å². The Balaban J connectivity index is 0.000000588. The van der Waals surface area contributed by atoms with Crippen LogP contribution in [0.5, 0.6) is 0 Å². The Morgan fingerprint density at radius 3 is 2.15 bits per heavy atom. The average molecular weight is 502 g/mol. The summed E-state index contributed by atoms with van der Waals surface area (Å²) >= 11 is 0. The monoisotopic (exact) mass is 501 g/mol. The first kappa shape index (κ1) is 26.9. The molecule has 1 saturated heterocycles. The Bertz CT molecular complexity index is 964. The third-order valence-electron chi connectivity index (χ3n) is 7.67. The van der Waals surface area contributed by atoms with Crippen LogP contribution in [0.1, 0.15) is 74.6 Å². The number of fused-ring (bicyclic) bond motifs is 3. The van der Waals surface area contributed by atoms with Crippen molar-refractivity contribution in [2.45, 2.75) is 94.6 Å². The molecule has 4 atom stereocenters. The number of benzene rings is 2. The molecule has 188 valence electrons. The highest BCUT2D eigenvalue weighted by molar-refractivity contribution is 5.85. The lowest BCUT2D eigenvalue weighted by Crippen LogP contribution is -2.46. The van der Waals surface area contributed by atoms with E-state index >= 15 is 0 Å². The molecule has 3 aliphatic rings. The van der Waals surface area contributed by atoms with Crippen LogP contribution in [0, 0.1) is 5.82 Å². The molecule has 34 heavy (non-hydrogen) atoms. The van der Waals surface area contributed by atoms with Crippen molar-refractivity contribution in [3.8, 4) is 0 Å². The smallest absolute Gasteiger partial charge is 0.311 e. The number of rotatable bonds is 3. The van der Waals surface area contributed by atoms with E-state index < -0.39 is 11.8 Å². The van der Waals surface area contributed by atoms with Crippen LogP contribution in [-0.2, 0) is 23.9 Å². The second kappa shape index (κ2) is 10.1. The summed E-state index contributed by atoms with van der Waals surface area (Å²) in [6.45, 7) is 2.68. The summed E-state index contributed by atoms with van der Waals surface area (Å²) in [6.07, 6.45) is 3.90. The van der Waals surface area contributed by atoms with E-state index in [-0.39, 0.29) is 41.3 Å². The summed E-state index contributed by atoms with van der Waals surface area (Å²) in [5.74, 6) is -0.302. The van der Waals surface area contributed by atoms with Gasteiger partial charge in [0.25, 0.3) is 0 Å². The standard InChI is InChI=1S/C23H24F5N.C4H8.ClH/c1-14-12-22(13-15-3-7-18(24)8-4-15)19-9-6-17(21(2,25)23(26,27)28)11-16(19)5-10-20(22)29-14;1-2-4-3-1;/h3-4,6-9,11,14,20,29H,5,10,12-13H2,1-2H3;1-4H2;1H/t14-,20?,21?,22?;;/m1../s1. The minimum Gasteiger partial charge on any atom is -0.311 e. The Hall–Kier alpha value is -1.66. The summed E-state index contributed by atoms with van der Waals surface area (Å²) < 4.78 is 67.5. The van der Waals surface area contributed by atoms with Crippen molar-refractivity contribution in [2.24, 2.45) is 0 Å². The molecule has 2 aliphatic carbocycles. The Morgan fingerprint density at radius 2 is 1.59 bits per heavy atom. The van der Waals surface area contributed by atoms with Gasteiger partial charge in [-0.3, -0.25) is 0 Å². The highest BCUT2D eigenvalue weighted by atomic mass is 35.5. The fourth-order valence-electron chi connectivity index (χ4n) is 5.46. The Kier molecular flexibility index (Phi) is 8.03. The van der Waals surface area contributed by atoms with E-state index in [1.165, 1.54) is 49.9 Å². The molecule has 5 rings (SSSR count). The van der Waals surface area contributed by atoms with Gasteiger partial charge in [0.1, 0.15) is 5.82 Å². The van der Waals surface area contributed by atoms with Crippen molar-refractivity contribution < 1.29 is 22.0 Å². The molecule has 0 amide bonds. The van der Waals surface area contributed by atoms with Crippen LogP contribution in [0.25, 0.3) is 0 Å². The van der Waals surface area contributed by atoms with Gasteiger partial charge in [-0.25, -0.2) is 8.78 Å². The van der Waals surface area contributed by atoms with Crippen LogP contribution in [0.4, 0.5) is 22.0 Å². The second-order valence-electron chi connectivity index (χ2n) is 10.1. The molecule has 1 aliphatic heterocycles. The summed E-state index contributed by atoms with van der Waals surface area (Å²) in [4.78, 5) is 0. The van der Waals surface area contributed by atoms with E-state index in [9.17, 15) is 22.0 Å². The van der Waals surface area contributed by atoms with Gasteiger partial charge in [0.15, 0.2) is 0 Å². The molecule has 1 saturated carbocycles. The van der Waals surface area contributed by atoms with Gasteiger partial charge < -0.3 is 5.32 Å². The van der Waals surface area contributed by atoms with Gasteiger partial charge in [-0.05, 0) is 73.9 Å². The van der Waals surface area contributed by atoms with E-state index in [1.807, 2.05) is 0 Å². The highest BCUT2D eigenvalue weighted by Gasteiger charge is 2.54. The molecule has 3 unspecified atom stereocenters. The summed E-state index contributed by atoms with van der Waals surface area (Å²) in [6, 6.07) is 11.2. The van der Waals surface area contributed by atoms with Gasteiger partial charge in [0.2, 0.25) is 5.67 Å². The van der Waals surface area contributed by atoms with Crippen LogP contribution in [0.15, 0.2) is 42.5 Å². The van der Waals surface area contributed by atoms with Gasteiger partial charge in [0.05, 0.1) is 0 Å². The quantitative estimate of drug-likeness (QED) is 0.424. The fourth-order valence-corrected chi connectivity index (χ4v) is 5.46. The average Bonchev–Trinajstić information content (AvgIpc) is 3.03. The Morgan fingerprint density at radius 1 is 0.971 bits per heavy atom. The lowest BCUT2D eigenvalue weighted by molar-refractivity contribution is -0.228. The predicted molar refractivity (Wildman–Crippen MR) is 128 cm³/mol. The molecule has 7 heteroatoms. The van der Waals surface area contributed by atoms with Gasteiger partial charge in [0, 0.05) is 17.5 Å². The first-order valence-corrected chi connectivity index (χ1v) is 11.9. The molecule has 2 fully saturated rings. The molecular weight excluding hydrogens is 469 g/mol. The normalized spacial score (nSPS) is 27.1. The summed E-state index contributed by atoms with van der Waals surface area (Å²) in [5.41, 5.74) is -1.28. The van der Waals surface area contributed by atoms with Crippen molar-refractivity contribution >= 4 is 12.4 Å². The number of halogens is 6. The number of aryl methyl sites for hydroxylation is 1. The van der Waals surface area contributed by atoms with Crippen LogP contribution in [0.3, 0.4) is 0 Å². The second-order valence-corrected chi connectivity index (χ2v) is 10.1. The molecule has 2 aromatic rings. The SMILES string of the molecule is C1CCC1.C[C@@H]1CC2(Cc3ccc(F)cc3)c3ccc(C(C)(F)C(F)(F)F)cc3CCC2N1.Cl. The zero-order valence-electron chi connectivity index (χ0n) is 19.7. The molecule has 1 N–H and O–H groups in total. The maximum absolute atomic E-state index is 14.5. The topological polar surface area (TPSA) is 12.0 Å². The van der Waals surface area contributed by atoms with Crippen molar-refractivity contribution in [2.75, 3.05) is 0 Å². The molecule has 2 aromatic carbocycles. The molecule has 1 nitrogen and oxygen atoms in total. The number of hydrogen-bond donors (Lipinski definition) is 1. The van der Waals surface area contributed by atoms with Crippen molar-refractivity contribution in [3.63, 3.8) is 0 Å². The van der Waals surface area contributed by atoms with Gasteiger partial charge >= 0.3 is 6.18 Å². The lowest BCUT2D eigenvalue weighted by atomic mass is 9.63. The fraction of sp³-hybridized carbons (Fsp3) is 0.556. The Labute approximate surface area is 204 Å². The van der Waals surface area contributed by atoms with Crippen molar-refractivity contribution in [1.82, 2.24) is 5.32 Å². The number of hydrogen-bond acceptors (Lipinski definition) is 1. The van der Waals surface area contributed by atoms with Gasteiger partial charge in [-0.1, -0.05) is 56.0 Å². The minimum absolute atomic E-state index is 0. The molecule has 0 bridgehead atoms. The highest BCUT2D eigenvalue weighted by Crippen LogP contribution is 2.49. The van der Waals surface area contributed by atoms with E-state index in [0.29, 0.717) is 19.8 Å². The molecule has 0 radical (unpaired) electrons. The van der Waals surface area contributed by atoms with Crippen LogP contribution < -0.4 is 5.32 Å². The first-order valence-electron chi connectivity index (χ1n) is 11.9. The van der Waals surface area contributed by atoms with Gasteiger partial charge in [-0.2, -0.15) is 13.2 Å². The lowest BCUT2D eigenvalue weighted by Gasteiger charge is -2.42. The van der Waals surface area contributed by atoms with Crippen LogP contribution in [-0.4, -0.2) is 18.3 Å². The number of nitrogens with one attached hydrogen (secondary N) is 1. The number of alkyl halides is 4.